The summed E-state index contributed by atoms with van der Waals surface area (Å²) in [5.41, 5.74) is 3.15. The average molecular weight is 410 g/mol. The van der Waals surface area contributed by atoms with Crippen LogP contribution in [0.25, 0.3) is 0 Å². The van der Waals surface area contributed by atoms with Crippen molar-refractivity contribution in [1.29, 1.82) is 0 Å². The molecular formula is C24H27O4P. The highest BCUT2D eigenvalue weighted by atomic mass is 31.2. The van der Waals surface area contributed by atoms with Crippen molar-refractivity contribution >= 4 is 7.14 Å². The fourth-order valence-corrected chi connectivity index (χ4v) is 4.32. The molecule has 0 saturated heterocycles. The van der Waals surface area contributed by atoms with E-state index in [0.29, 0.717) is 19.8 Å². The summed E-state index contributed by atoms with van der Waals surface area (Å²) in [5, 5.41) is 0. The summed E-state index contributed by atoms with van der Waals surface area (Å²) in [6, 6.07) is 29.6. The van der Waals surface area contributed by atoms with Gasteiger partial charge in [-0.15, -0.1) is 0 Å². The Morgan fingerprint density at radius 2 is 0.759 bits per heavy atom. The molecule has 0 amide bonds. The first-order valence-corrected chi connectivity index (χ1v) is 11.9. The van der Waals surface area contributed by atoms with Gasteiger partial charge in [-0.05, 0) is 16.7 Å². The lowest BCUT2D eigenvalue weighted by atomic mass is 10.2. The van der Waals surface area contributed by atoms with Crippen LogP contribution in [0.5, 0.6) is 0 Å². The quantitative estimate of drug-likeness (QED) is 0.350. The molecular weight excluding hydrogens is 383 g/mol. The van der Waals surface area contributed by atoms with Gasteiger partial charge >= 0.3 is 0 Å². The Balaban J connectivity index is 1.52. The summed E-state index contributed by atoms with van der Waals surface area (Å²) in [6.07, 6.45) is 0.391. The molecule has 0 atom stereocenters. The summed E-state index contributed by atoms with van der Waals surface area (Å²) >= 11 is 0. The number of hydrogen-bond acceptors (Lipinski definition) is 4. The monoisotopic (exact) mass is 410 g/mol. The number of hydrogen-bond donors (Lipinski definition) is 0. The van der Waals surface area contributed by atoms with Crippen molar-refractivity contribution in [3.63, 3.8) is 0 Å². The number of ether oxygens (including phenoxy) is 3. The molecule has 0 heterocycles. The van der Waals surface area contributed by atoms with Gasteiger partial charge in [-0.2, -0.15) is 0 Å². The fourth-order valence-electron chi connectivity index (χ4n) is 2.82. The summed E-state index contributed by atoms with van der Waals surface area (Å²) in [6.45, 7) is 1.26. The Hall–Kier alpha value is -2.23. The van der Waals surface area contributed by atoms with Gasteiger partial charge in [0.1, 0.15) is 19.0 Å². The third-order valence-corrected chi connectivity index (χ3v) is 6.27. The van der Waals surface area contributed by atoms with Crippen LogP contribution in [0.2, 0.25) is 0 Å². The van der Waals surface area contributed by atoms with E-state index in [1.165, 1.54) is 0 Å². The lowest BCUT2D eigenvalue weighted by molar-refractivity contribution is 0.122. The van der Waals surface area contributed by atoms with Crippen molar-refractivity contribution in [2.45, 2.75) is 19.8 Å². The van der Waals surface area contributed by atoms with Gasteiger partial charge in [0.25, 0.3) is 0 Å². The Kier molecular flexibility index (Phi) is 8.66. The molecule has 0 unspecified atom stereocenters. The minimum atomic E-state index is -2.80. The van der Waals surface area contributed by atoms with Gasteiger partial charge < -0.3 is 18.8 Å². The molecule has 29 heavy (non-hydrogen) atoms. The van der Waals surface area contributed by atoms with E-state index in [1.807, 2.05) is 91.0 Å². The molecule has 3 aromatic rings. The van der Waals surface area contributed by atoms with Crippen LogP contribution in [0.4, 0.5) is 0 Å². The van der Waals surface area contributed by atoms with E-state index >= 15 is 0 Å². The molecule has 0 fully saturated rings. The first-order valence-electron chi connectivity index (χ1n) is 9.66. The van der Waals surface area contributed by atoms with Gasteiger partial charge in [0.05, 0.1) is 19.8 Å². The van der Waals surface area contributed by atoms with E-state index in [9.17, 15) is 4.57 Å². The summed E-state index contributed by atoms with van der Waals surface area (Å²) < 4.78 is 30.7. The largest absolute Gasteiger partial charge is 0.369 e. The maximum atomic E-state index is 13.4. The molecule has 0 saturated carbocycles. The molecule has 0 aliphatic heterocycles. The van der Waals surface area contributed by atoms with Gasteiger partial charge in [0.15, 0.2) is 7.14 Å². The van der Waals surface area contributed by atoms with Crippen molar-refractivity contribution in [3.05, 3.63) is 108 Å². The van der Waals surface area contributed by atoms with E-state index in [4.69, 9.17) is 14.2 Å². The molecule has 0 bridgehead atoms. The van der Waals surface area contributed by atoms with Crippen molar-refractivity contribution in [3.8, 4) is 0 Å². The van der Waals surface area contributed by atoms with E-state index in [2.05, 4.69) is 0 Å². The van der Waals surface area contributed by atoms with Crippen molar-refractivity contribution in [1.82, 2.24) is 0 Å². The predicted molar refractivity (Wildman–Crippen MR) is 116 cm³/mol. The topological polar surface area (TPSA) is 44.8 Å². The Morgan fingerprint density at radius 1 is 0.483 bits per heavy atom. The molecule has 4 nitrogen and oxygen atoms in total. The van der Waals surface area contributed by atoms with E-state index < -0.39 is 7.14 Å². The smallest absolute Gasteiger partial charge is 0.161 e. The standard InChI is InChI=1S/C24H27O4P/c25-29(19-26-16-22-10-4-1-5-11-22,20-27-17-23-12-6-2-7-13-23)21-28-18-24-14-8-3-9-15-24/h1-15H,16-21H2. The zero-order valence-electron chi connectivity index (χ0n) is 16.5. The maximum Gasteiger partial charge on any atom is 0.161 e. The van der Waals surface area contributed by atoms with Crippen LogP contribution < -0.4 is 0 Å². The lowest BCUT2D eigenvalue weighted by Gasteiger charge is -2.19. The summed E-state index contributed by atoms with van der Waals surface area (Å²) in [4.78, 5) is 0. The number of rotatable bonds is 12. The second-order valence-electron chi connectivity index (χ2n) is 6.95. The molecule has 0 aromatic heterocycles. The first kappa shape index (κ1) is 21.5. The van der Waals surface area contributed by atoms with Gasteiger partial charge in [0, 0.05) is 0 Å². The third-order valence-electron chi connectivity index (χ3n) is 4.31. The molecule has 3 aromatic carbocycles. The van der Waals surface area contributed by atoms with Crippen molar-refractivity contribution < 1.29 is 18.8 Å². The highest BCUT2D eigenvalue weighted by Gasteiger charge is 2.24. The molecule has 0 N–H and O–H groups in total. The lowest BCUT2D eigenvalue weighted by Crippen LogP contribution is -2.09. The molecule has 0 aliphatic rings. The minimum Gasteiger partial charge on any atom is -0.369 e. The average Bonchev–Trinajstić information content (AvgIpc) is 2.76. The summed E-state index contributed by atoms with van der Waals surface area (Å²) in [7, 11) is -2.80. The van der Waals surface area contributed by atoms with Gasteiger partial charge in [-0.1, -0.05) is 91.0 Å². The van der Waals surface area contributed by atoms with Crippen molar-refractivity contribution in [2.75, 3.05) is 19.0 Å². The van der Waals surface area contributed by atoms with E-state index in [0.717, 1.165) is 16.7 Å². The highest BCUT2D eigenvalue weighted by molar-refractivity contribution is 7.63. The van der Waals surface area contributed by atoms with E-state index in [1.54, 1.807) is 0 Å². The van der Waals surface area contributed by atoms with Gasteiger partial charge in [0.2, 0.25) is 0 Å². The molecule has 152 valence electrons. The predicted octanol–water partition coefficient (Wildman–Crippen LogP) is 5.87. The zero-order chi connectivity index (χ0) is 20.2. The van der Waals surface area contributed by atoms with Crippen LogP contribution in [0.1, 0.15) is 16.7 Å². The maximum absolute atomic E-state index is 13.4. The van der Waals surface area contributed by atoms with Crippen molar-refractivity contribution in [2.24, 2.45) is 0 Å². The number of benzene rings is 3. The summed E-state index contributed by atoms with van der Waals surface area (Å²) in [5.74, 6) is 0. The molecule has 3 rings (SSSR count). The van der Waals surface area contributed by atoms with Gasteiger partial charge in [-0.25, -0.2) is 0 Å². The molecule has 0 aliphatic carbocycles. The molecule has 5 heteroatoms. The van der Waals surface area contributed by atoms with Crippen LogP contribution in [0.15, 0.2) is 91.0 Å². The van der Waals surface area contributed by atoms with Crippen LogP contribution in [0.3, 0.4) is 0 Å². The minimum absolute atomic E-state index is 0.130. The first-order chi connectivity index (χ1) is 14.2. The fraction of sp³-hybridized carbons (Fsp3) is 0.250. The van der Waals surface area contributed by atoms with E-state index in [-0.39, 0.29) is 19.0 Å². The van der Waals surface area contributed by atoms with Crippen LogP contribution >= 0.6 is 7.14 Å². The second kappa shape index (κ2) is 11.7. The zero-order valence-corrected chi connectivity index (χ0v) is 17.4. The third kappa shape index (κ3) is 7.96. The Bertz CT molecular complexity index is 751. The second-order valence-corrected chi connectivity index (χ2v) is 9.84. The van der Waals surface area contributed by atoms with Gasteiger partial charge in [-0.3, -0.25) is 0 Å². The van der Waals surface area contributed by atoms with Crippen LogP contribution in [0, 0.1) is 0 Å². The molecule has 0 radical (unpaired) electrons. The van der Waals surface area contributed by atoms with Crippen LogP contribution in [-0.2, 0) is 38.6 Å². The Labute approximate surface area is 172 Å². The normalized spacial score (nSPS) is 11.4. The van der Waals surface area contributed by atoms with Crippen LogP contribution in [-0.4, -0.2) is 19.0 Å². The molecule has 0 spiro atoms. The Morgan fingerprint density at radius 3 is 1.03 bits per heavy atom. The highest BCUT2D eigenvalue weighted by Crippen LogP contribution is 2.46. The SMILES string of the molecule is O=P(COCc1ccccc1)(COCc1ccccc1)COCc1ccccc1.